The Bertz CT molecular complexity index is 1150. The SMILES string of the molecule is [B]c1c([B])c([B])c(-c2nc(Cl)nc3c2oc2ccccc23)c([B])c1[B]. The van der Waals surface area contributed by atoms with Crippen molar-refractivity contribution in [3.05, 3.63) is 29.5 Å². The summed E-state index contributed by atoms with van der Waals surface area (Å²) < 4.78 is 5.91. The summed E-state index contributed by atoms with van der Waals surface area (Å²) in [6.07, 6.45) is 0. The Morgan fingerprint density at radius 2 is 1.40 bits per heavy atom. The first-order valence-corrected chi connectivity index (χ1v) is 7.64. The van der Waals surface area contributed by atoms with Crippen molar-refractivity contribution in [2.24, 2.45) is 0 Å². The molecule has 3 nitrogen and oxygen atoms in total. The molecule has 0 unspecified atom stereocenters. The van der Waals surface area contributed by atoms with Crippen LogP contribution in [0.2, 0.25) is 5.28 Å². The Morgan fingerprint density at radius 3 is 2.08 bits per heavy atom. The molecule has 0 aliphatic rings. The minimum absolute atomic E-state index is 0.0156. The highest BCUT2D eigenvalue weighted by Gasteiger charge is 2.20. The molecule has 0 aliphatic carbocycles. The van der Waals surface area contributed by atoms with Crippen molar-refractivity contribution in [1.29, 1.82) is 0 Å². The minimum Gasteiger partial charge on any atom is -0.452 e. The van der Waals surface area contributed by atoms with Gasteiger partial charge in [-0.25, -0.2) is 9.97 Å². The van der Waals surface area contributed by atoms with Crippen molar-refractivity contribution in [1.82, 2.24) is 9.97 Å². The summed E-state index contributed by atoms with van der Waals surface area (Å²) >= 11 is 6.11. The minimum atomic E-state index is 0.0156. The number of hydrogen-bond acceptors (Lipinski definition) is 3. The van der Waals surface area contributed by atoms with E-state index in [0.717, 1.165) is 5.39 Å². The molecule has 0 saturated carbocycles. The normalized spacial score (nSPS) is 11.4. The smallest absolute Gasteiger partial charge is 0.223 e. The van der Waals surface area contributed by atoms with Crippen molar-refractivity contribution in [2.45, 2.75) is 0 Å². The molecular formula is C16H4B5ClN2O. The van der Waals surface area contributed by atoms with Gasteiger partial charge in [0.05, 0.1) is 0 Å². The van der Waals surface area contributed by atoms with E-state index in [1.54, 1.807) is 0 Å². The van der Waals surface area contributed by atoms with Crippen LogP contribution in [0.1, 0.15) is 0 Å². The van der Waals surface area contributed by atoms with Crippen molar-refractivity contribution in [3.63, 3.8) is 0 Å². The molecule has 0 saturated heterocycles. The van der Waals surface area contributed by atoms with E-state index in [9.17, 15) is 0 Å². The van der Waals surface area contributed by atoms with Crippen LogP contribution in [0.25, 0.3) is 33.3 Å². The lowest BCUT2D eigenvalue weighted by Gasteiger charge is -2.20. The summed E-state index contributed by atoms with van der Waals surface area (Å²) in [5.41, 5.74) is 2.86. The number of halogens is 1. The van der Waals surface area contributed by atoms with Gasteiger partial charge in [-0.15, -0.1) is 16.4 Å². The number of hydrogen-bond donors (Lipinski definition) is 0. The molecule has 0 spiro atoms. The Morgan fingerprint density at radius 1 is 0.800 bits per heavy atom. The third kappa shape index (κ3) is 2.35. The van der Waals surface area contributed by atoms with E-state index >= 15 is 0 Å². The van der Waals surface area contributed by atoms with E-state index < -0.39 is 0 Å². The summed E-state index contributed by atoms with van der Waals surface area (Å²) in [6, 6.07) is 7.40. The first-order valence-electron chi connectivity index (χ1n) is 7.26. The molecule has 0 fully saturated rings. The highest BCUT2D eigenvalue weighted by atomic mass is 35.5. The molecule has 4 aromatic rings. The van der Waals surface area contributed by atoms with Gasteiger partial charge in [-0.05, 0) is 29.3 Å². The summed E-state index contributed by atoms with van der Waals surface area (Å²) in [4.78, 5) is 8.51. The highest BCUT2D eigenvalue weighted by molar-refractivity contribution is 6.68. The second-order valence-corrected chi connectivity index (χ2v) is 5.90. The fourth-order valence-corrected chi connectivity index (χ4v) is 3.01. The fourth-order valence-electron chi connectivity index (χ4n) is 2.84. The monoisotopic (exact) mass is 330 g/mol. The zero-order valence-corrected chi connectivity index (χ0v) is 13.6. The van der Waals surface area contributed by atoms with Crippen LogP contribution >= 0.6 is 11.6 Å². The molecule has 106 valence electrons. The predicted molar refractivity (Wildman–Crippen MR) is 107 cm³/mol. The molecule has 0 aliphatic heterocycles. The van der Waals surface area contributed by atoms with Crippen LogP contribution in [0.15, 0.2) is 28.7 Å². The zero-order valence-electron chi connectivity index (χ0n) is 12.9. The Balaban J connectivity index is 2.19. The maximum absolute atomic E-state index is 6.13. The van der Waals surface area contributed by atoms with E-state index in [2.05, 4.69) is 9.97 Å². The summed E-state index contributed by atoms with van der Waals surface area (Å²) in [5.74, 6) is 0. The van der Waals surface area contributed by atoms with Gasteiger partial charge in [0.1, 0.15) is 56.0 Å². The van der Waals surface area contributed by atoms with Gasteiger partial charge >= 0.3 is 0 Å². The third-order valence-electron chi connectivity index (χ3n) is 4.13. The first kappa shape index (κ1) is 16.4. The van der Waals surface area contributed by atoms with E-state index in [1.165, 1.54) is 0 Å². The highest BCUT2D eigenvalue weighted by Crippen LogP contribution is 2.32. The van der Waals surface area contributed by atoms with Crippen molar-refractivity contribution < 1.29 is 4.42 Å². The molecule has 0 atom stereocenters. The van der Waals surface area contributed by atoms with Gasteiger partial charge in [0, 0.05) is 5.39 Å². The lowest BCUT2D eigenvalue weighted by Crippen LogP contribution is -2.55. The van der Waals surface area contributed by atoms with E-state index in [0.29, 0.717) is 27.9 Å². The lowest BCUT2D eigenvalue weighted by atomic mass is 9.60. The van der Waals surface area contributed by atoms with Gasteiger partial charge < -0.3 is 4.42 Å². The van der Waals surface area contributed by atoms with Crippen molar-refractivity contribution in [3.8, 4) is 11.3 Å². The Kier molecular flexibility index (Phi) is 3.76. The number of aromatic nitrogens is 2. The number of benzene rings is 2. The van der Waals surface area contributed by atoms with E-state index in [-0.39, 0.29) is 32.6 Å². The fraction of sp³-hybridized carbons (Fsp3) is 0. The molecule has 2 heterocycles. The lowest BCUT2D eigenvalue weighted by molar-refractivity contribution is 0.667. The van der Waals surface area contributed by atoms with Crippen molar-refractivity contribution >= 4 is 100 Å². The maximum Gasteiger partial charge on any atom is 0.223 e. The standard InChI is InChI=1S/C16H4B5ClN2O/c17-8-7(9(18)11(20)12(21)10(8)19)14-15-13(23-16(22)24-14)5-3-1-2-4-6(5)25-15/h1-4H. The average molecular weight is 330 g/mol. The molecule has 0 N–H and O–H groups in total. The molecule has 0 bridgehead atoms. The third-order valence-corrected chi connectivity index (χ3v) is 4.30. The molecule has 10 radical (unpaired) electrons. The Labute approximate surface area is 155 Å². The first-order chi connectivity index (χ1) is 11.9. The van der Waals surface area contributed by atoms with Crippen LogP contribution in [0.5, 0.6) is 0 Å². The van der Waals surface area contributed by atoms with Gasteiger partial charge in [-0.3, -0.25) is 0 Å². The van der Waals surface area contributed by atoms with Gasteiger partial charge in [0.15, 0.2) is 5.58 Å². The number of fused-ring (bicyclic) bond motifs is 3. The van der Waals surface area contributed by atoms with Crippen LogP contribution in [0, 0.1) is 0 Å². The van der Waals surface area contributed by atoms with Crippen LogP contribution in [0.3, 0.4) is 0 Å². The van der Waals surface area contributed by atoms with Gasteiger partial charge in [-0.1, -0.05) is 23.1 Å². The molecule has 9 heteroatoms. The van der Waals surface area contributed by atoms with Crippen LogP contribution in [-0.4, -0.2) is 49.2 Å². The Hall–Kier alpha value is -2.07. The summed E-state index contributed by atoms with van der Waals surface area (Å²) in [6.45, 7) is 0. The molecule has 2 aromatic heterocycles. The number of furan rings is 1. The molecule has 25 heavy (non-hydrogen) atoms. The second-order valence-electron chi connectivity index (χ2n) is 5.56. The summed E-state index contributed by atoms with van der Waals surface area (Å²) in [5, 5.41) is 0.804. The van der Waals surface area contributed by atoms with Crippen LogP contribution in [-0.2, 0) is 0 Å². The van der Waals surface area contributed by atoms with Gasteiger partial charge in [0.2, 0.25) is 5.28 Å². The number of rotatable bonds is 1. The van der Waals surface area contributed by atoms with Gasteiger partial charge in [0.25, 0.3) is 0 Å². The quantitative estimate of drug-likeness (QED) is 0.321. The number of nitrogens with zero attached hydrogens (tertiary/aromatic N) is 2. The second kappa shape index (κ2) is 5.74. The largest absolute Gasteiger partial charge is 0.452 e. The van der Waals surface area contributed by atoms with Crippen LogP contribution < -0.4 is 27.3 Å². The zero-order chi connectivity index (χ0) is 17.9. The van der Waals surface area contributed by atoms with E-state index in [4.69, 9.17) is 55.2 Å². The average Bonchev–Trinajstić information content (AvgIpc) is 2.97. The molecule has 0 amide bonds. The number of para-hydroxylation sites is 1. The van der Waals surface area contributed by atoms with Gasteiger partial charge in [-0.2, -0.15) is 0 Å². The van der Waals surface area contributed by atoms with Crippen LogP contribution in [0.4, 0.5) is 0 Å². The van der Waals surface area contributed by atoms with Crippen molar-refractivity contribution in [2.75, 3.05) is 0 Å². The maximum atomic E-state index is 6.13. The van der Waals surface area contributed by atoms with E-state index in [1.807, 2.05) is 24.3 Å². The predicted octanol–water partition coefficient (Wildman–Crippen LogP) is -1.33. The summed E-state index contributed by atoms with van der Waals surface area (Å²) in [7, 11) is 30.0. The molecule has 4 rings (SSSR count). The molecule has 2 aromatic carbocycles. The molecular weight excluding hydrogens is 326 g/mol. The topological polar surface area (TPSA) is 38.9 Å².